The number of rotatable bonds is 4. The quantitative estimate of drug-likeness (QED) is 0.882. The van der Waals surface area contributed by atoms with E-state index in [9.17, 15) is 14.3 Å². The van der Waals surface area contributed by atoms with Gasteiger partial charge in [-0.05, 0) is 61.4 Å². The van der Waals surface area contributed by atoms with Crippen molar-refractivity contribution >= 4 is 11.6 Å². The van der Waals surface area contributed by atoms with Crippen LogP contribution in [0.2, 0.25) is 0 Å². The topological polar surface area (TPSA) is 49.3 Å². The van der Waals surface area contributed by atoms with Crippen molar-refractivity contribution < 1.29 is 14.3 Å². The first-order valence-electron chi connectivity index (χ1n) is 8.37. The Morgan fingerprint density at radius 2 is 1.71 bits per heavy atom. The molecule has 24 heavy (non-hydrogen) atoms. The first kappa shape index (κ1) is 16.7. The second kappa shape index (κ2) is 7.14. The summed E-state index contributed by atoms with van der Waals surface area (Å²) in [6.45, 7) is 0. The van der Waals surface area contributed by atoms with E-state index in [1.54, 1.807) is 0 Å². The number of carbonyl (C=O) groups is 1. The van der Waals surface area contributed by atoms with Crippen LogP contribution in [0.4, 0.5) is 10.1 Å². The summed E-state index contributed by atoms with van der Waals surface area (Å²) in [6, 6.07) is 15.9. The lowest BCUT2D eigenvalue weighted by atomic mass is 9.74. The highest BCUT2D eigenvalue weighted by molar-refractivity contribution is 5.91. The molecule has 126 valence electrons. The van der Waals surface area contributed by atoms with Gasteiger partial charge in [0.05, 0.1) is 12.0 Å². The molecule has 0 atom stereocenters. The Balaban J connectivity index is 1.54. The second-order valence-corrected chi connectivity index (χ2v) is 6.64. The fraction of sp³-hybridized carbons (Fsp3) is 0.350. The normalized spacial score (nSPS) is 23.7. The predicted octanol–water partition coefficient (Wildman–Crippen LogP) is 4.24. The molecule has 1 aliphatic rings. The monoisotopic (exact) mass is 327 g/mol. The van der Waals surface area contributed by atoms with Crippen LogP contribution in [0.1, 0.15) is 43.6 Å². The van der Waals surface area contributed by atoms with Crippen molar-refractivity contribution in [3.63, 3.8) is 0 Å². The molecule has 0 radical (unpaired) electrons. The van der Waals surface area contributed by atoms with E-state index < -0.39 is 5.60 Å². The average Bonchev–Trinajstić information content (AvgIpc) is 2.58. The molecule has 1 amide bonds. The summed E-state index contributed by atoms with van der Waals surface area (Å²) in [7, 11) is 0. The van der Waals surface area contributed by atoms with Gasteiger partial charge in [0.15, 0.2) is 0 Å². The number of aliphatic hydroxyl groups is 1. The Kier molecular flexibility index (Phi) is 4.95. The van der Waals surface area contributed by atoms with Crippen molar-refractivity contribution in [3.8, 4) is 0 Å². The summed E-state index contributed by atoms with van der Waals surface area (Å²) in [4.78, 5) is 12.2. The van der Waals surface area contributed by atoms with Crippen molar-refractivity contribution in [2.24, 2.45) is 0 Å². The maximum Gasteiger partial charge on any atom is 0.227 e. The zero-order valence-electron chi connectivity index (χ0n) is 13.5. The van der Waals surface area contributed by atoms with Crippen LogP contribution in [-0.4, -0.2) is 16.6 Å². The minimum Gasteiger partial charge on any atom is -0.389 e. The molecule has 2 aromatic carbocycles. The van der Waals surface area contributed by atoms with Gasteiger partial charge in [-0.25, -0.2) is 4.39 Å². The third-order valence-corrected chi connectivity index (χ3v) is 4.80. The van der Waals surface area contributed by atoms with E-state index in [2.05, 4.69) is 17.4 Å². The van der Waals surface area contributed by atoms with Gasteiger partial charge in [-0.3, -0.25) is 4.79 Å². The van der Waals surface area contributed by atoms with E-state index in [1.807, 2.05) is 18.2 Å². The van der Waals surface area contributed by atoms with Crippen LogP contribution in [-0.2, 0) is 4.79 Å². The Morgan fingerprint density at radius 3 is 2.33 bits per heavy atom. The van der Waals surface area contributed by atoms with Crippen molar-refractivity contribution in [1.82, 2.24) is 0 Å². The zero-order chi connectivity index (χ0) is 17.0. The highest BCUT2D eigenvalue weighted by atomic mass is 19.1. The van der Waals surface area contributed by atoms with Crippen molar-refractivity contribution in [1.29, 1.82) is 0 Å². The van der Waals surface area contributed by atoms with E-state index in [0.717, 1.165) is 12.8 Å². The molecular formula is C20H22FNO2. The average molecular weight is 327 g/mol. The van der Waals surface area contributed by atoms with Crippen LogP contribution in [0.15, 0.2) is 54.6 Å². The SMILES string of the molecule is O=C(CC1(O)CCC(c2ccccc2)CC1)Nc1ccc(F)cc1. The highest BCUT2D eigenvalue weighted by Crippen LogP contribution is 2.39. The van der Waals surface area contributed by atoms with Crippen LogP contribution in [0.25, 0.3) is 0 Å². The lowest BCUT2D eigenvalue weighted by Crippen LogP contribution is -2.37. The summed E-state index contributed by atoms with van der Waals surface area (Å²) in [5, 5.41) is 13.4. The third-order valence-electron chi connectivity index (χ3n) is 4.80. The predicted molar refractivity (Wildman–Crippen MR) is 92.2 cm³/mol. The number of hydrogen-bond acceptors (Lipinski definition) is 2. The van der Waals surface area contributed by atoms with Crippen molar-refractivity contribution in [2.45, 2.75) is 43.6 Å². The highest BCUT2D eigenvalue weighted by Gasteiger charge is 2.35. The molecule has 4 heteroatoms. The maximum atomic E-state index is 12.9. The van der Waals surface area contributed by atoms with Gasteiger partial charge in [0.25, 0.3) is 0 Å². The number of nitrogens with one attached hydrogen (secondary N) is 1. The van der Waals surface area contributed by atoms with E-state index in [4.69, 9.17) is 0 Å². The molecule has 1 fully saturated rings. The van der Waals surface area contributed by atoms with Crippen LogP contribution in [0.3, 0.4) is 0 Å². The molecule has 0 bridgehead atoms. The Hall–Kier alpha value is -2.20. The first-order chi connectivity index (χ1) is 11.5. The number of halogens is 1. The van der Waals surface area contributed by atoms with Crippen molar-refractivity contribution in [2.75, 3.05) is 5.32 Å². The number of carbonyl (C=O) groups excluding carboxylic acids is 1. The molecule has 3 nitrogen and oxygen atoms in total. The fourth-order valence-corrected chi connectivity index (χ4v) is 3.43. The second-order valence-electron chi connectivity index (χ2n) is 6.64. The van der Waals surface area contributed by atoms with Gasteiger partial charge in [0.1, 0.15) is 5.82 Å². The van der Waals surface area contributed by atoms with Gasteiger partial charge in [0, 0.05) is 5.69 Å². The molecule has 0 aliphatic heterocycles. The molecule has 0 saturated heterocycles. The van der Waals surface area contributed by atoms with Gasteiger partial charge >= 0.3 is 0 Å². The van der Waals surface area contributed by atoms with Gasteiger partial charge < -0.3 is 10.4 Å². The lowest BCUT2D eigenvalue weighted by molar-refractivity contribution is -0.122. The Labute approximate surface area is 141 Å². The Morgan fingerprint density at radius 1 is 1.08 bits per heavy atom. The molecule has 3 rings (SSSR count). The minimum absolute atomic E-state index is 0.0753. The van der Waals surface area contributed by atoms with Gasteiger partial charge in [0.2, 0.25) is 5.91 Å². The molecule has 0 unspecified atom stereocenters. The number of hydrogen-bond donors (Lipinski definition) is 2. The van der Waals surface area contributed by atoms with E-state index in [1.165, 1.54) is 29.8 Å². The van der Waals surface area contributed by atoms with Gasteiger partial charge in [-0.1, -0.05) is 30.3 Å². The fourth-order valence-electron chi connectivity index (χ4n) is 3.43. The molecule has 2 N–H and O–H groups in total. The molecule has 1 aliphatic carbocycles. The van der Waals surface area contributed by atoms with Gasteiger partial charge in [-0.15, -0.1) is 0 Å². The largest absolute Gasteiger partial charge is 0.389 e. The molecule has 2 aromatic rings. The molecule has 0 spiro atoms. The van der Waals surface area contributed by atoms with E-state index in [-0.39, 0.29) is 18.1 Å². The standard InChI is InChI=1S/C20H22FNO2/c21-17-6-8-18(9-7-17)22-19(23)14-20(24)12-10-16(11-13-20)15-4-2-1-3-5-15/h1-9,16,24H,10-14H2,(H,22,23). The Bertz CT molecular complexity index is 677. The van der Waals surface area contributed by atoms with Crippen molar-refractivity contribution in [3.05, 3.63) is 66.0 Å². The summed E-state index contributed by atoms with van der Waals surface area (Å²) >= 11 is 0. The summed E-state index contributed by atoms with van der Waals surface area (Å²) in [6.07, 6.45) is 3.06. The zero-order valence-corrected chi connectivity index (χ0v) is 13.5. The summed E-state index contributed by atoms with van der Waals surface area (Å²) < 4.78 is 12.9. The van der Waals surface area contributed by atoms with Crippen LogP contribution in [0, 0.1) is 5.82 Å². The number of anilines is 1. The number of amides is 1. The number of benzene rings is 2. The molecular weight excluding hydrogens is 305 g/mol. The molecule has 0 heterocycles. The molecule has 0 aromatic heterocycles. The van der Waals surface area contributed by atoms with Crippen LogP contribution < -0.4 is 5.32 Å². The van der Waals surface area contributed by atoms with E-state index >= 15 is 0 Å². The summed E-state index contributed by atoms with van der Waals surface area (Å²) in [5.74, 6) is -0.125. The van der Waals surface area contributed by atoms with E-state index in [0.29, 0.717) is 24.4 Å². The smallest absolute Gasteiger partial charge is 0.227 e. The first-order valence-corrected chi connectivity index (χ1v) is 8.37. The van der Waals surface area contributed by atoms with Gasteiger partial charge in [-0.2, -0.15) is 0 Å². The minimum atomic E-state index is -0.949. The third kappa shape index (κ3) is 4.20. The van der Waals surface area contributed by atoms with Crippen LogP contribution in [0.5, 0.6) is 0 Å². The molecule has 1 saturated carbocycles. The lowest BCUT2D eigenvalue weighted by Gasteiger charge is -2.35. The maximum absolute atomic E-state index is 12.9. The van der Waals surface area contributed by atoms with Crippen LogP contribution >= 0.6 is 0 Å². The summed E-state index contributed by atoms with van der Waals surface area (Å²) in [5.41, 5.74) is 0.897.